The predicted octanol–water partition coefficient (Wildman–Crippen LogP) is 2.81. The Balaban J connectivity index is 1.82. The summed E-state index contributed by atoms with van der Waals surface area (Å²) in [6.07, 6.45) is 3.89. The van der Waals surface area contributed by atoms with Gasteiger partial charge >= 0.3 is 0 Å². The fourth-order valence-electron chi connectivity index (χ4n) is 2.14. The second kappa shape index (κ2) is 5.57. The number of anilines is 1. The molecule has 2 heterocycles. The third-order valence-corrected chi connectivity index (χ3v) is 3.59. The molecule has 21 heavy (non-hydrogen) atoms. The van der Waals surface area contributed by atoms with Crippen LogP contribution >= 0.6 is 15.9 Å². The number of halogens is 1. The standard InChI is InChI=1S/C15H13BrN4O/c16-10-5-6-14-19-11(9-20(14)8-10)7-18-13-4-2-1-3-12(13)15(17)21/h1-6,8-9,18H,7H2,(H2,17,21). The first-order valence-electron chi connectivity index (χ1n) is 6.39. The van der Waals surface area contributed by atoms with Gasteiger partial charge in [-0.05, 0) is 40.2 Å². The maximum Gasteiger partial charge on any atom is 0.250 e. The van der Waals surface area contributed by atoms with Gasteiger partial charge in [0.1, 0.15) is 5.65 Å². The van der Waals surface area contributed by atoms with Crippen molar-refractivity contribution >= 4 is 33.2 Å². The summed E-state index contributed by atoms with van der Waals surface area (Å²) in [5.74, 6) is -0.447. The second-order valence-electron chi connectivity index (χ2n) is 4.61. The van der Waals surface area contributed by atoms with E-state index >= 15 is 0 Å². The number of aromatic nitrogens is 2. The molecule has 5 nitrogen and oxygen atoms in total. The summed E-state index contributed by atoms with van der Waals surface area (Å²) in [5.41, 5.74) is 8.30. The normalized spacial score (nSPS) is 10.7. The molecule has 2 aromatic heterocycles. The molecule has 0 saturated heterocycles. The number of pyridine rings is 1. The Morgan fingerprint density at radius 2 is 2.05 bits per heavy atom. The van der Waals surface area contributed by atoms with Gasteiger partial charge in [0.2, 0.25) is 0 Å². The molecule has 3 N–H and O–H groups in total. The summed E-state index contributed by atoms with van der Waals surface area (Å²) in [6.45, 7) is 0.517. The fraction of sp³-hybridized carbons (Fsp3) is 0.0667. The zero-order valence-electron chi connectivity index (χ0n) is 11.1. The minimum absolute atomic E-state index is 0.447. The highest BCUT2D eigenvalue weighted by molar-refractivity contribution is 9.10. The first-order chi connectivity index (χ1) is 10.1. The molecule has 3 aromatic rings. The van der Waals surface area contributed by atoms with Crippen LogP contribution in [0.25, 0.3) is 5.65 Å². The van der Waals surface area contributed by atoms with E-state index < -0.39 is 5.91 Å². The zero-order chi connectivity index (χ0) is 14.8. The number of fused-ring (bicyclic) bond motifs is 1. The Bertz CT molecular complexity index is 812. The van der Waals surface area contributed by atoms with Gasteiger partial charge in [0.25, 0.3) is 5.91 Å². The summed E-state index contributed by atoms with van der Waals surface area (Å²) in [4.78, 5) is 15.9. The molecule has 0 radical (unpaired) electrons. The lowest BCUT2D eigenvalue weighted by molar-refractivity contribution is 0.100. The van der Waals surface area contributed by atoms with Gasteiger partial charge in [-0.25, -0.2) is 4.98 Å². The molecule has 0 saturated carbocycles. The molecule has 106 valence electrons. The quantitative estimate of drug-likeness (QED) is 0.764. The highest BCUT2D eigenvalue weighted by Crippen LogP contribution is 2.16. The van der Waals surface area contributed by atoms with Gasteiger partial charge in [-0.15, -0.1) is 0 Å². The Labute approximate surface area is 129 Å². The number of carbonyl (C=O) groups is 1. The molecule has 0 fully saturated rings. The average molecular weight is 345 g/mol. The maximum atomic E-state index is 11.4. The Morgan fingerprint density at radius 3 is 2.86 bits per heavy atom. The van der Waals surface area contributed by atoms with Crippen LogP contribution in [-0.4, -0.2) is 15.3 Å². The van der Waals surface area contributed by atoms with Crippen molar-refractivity contribution in [2.24, 2.45) is 5.73 Å². The smallest absolute Gasteiger partial charge is 0.250 e. The van der Waals surface area contributed by atoms with Crippen LogP contribution in [0.4, 0.5) is 5.69 Å². The van der Waals surface area contributed by atoms with E-state index in [0.717, 1.165) is 15.8 Å². The number of nitrogens with one attached hydrogen (secondary N) is 1. The van der Waals surface area contributed by atoms with Crippen molar-refractivity contribution in [1.29, 1.82) is 0 Å². The first kappa shape index (κ1) is 13.6. The predicted molar refractivity (Wildman–Crippen MR) is 85.2 cm³/mol. The van der Waals surface area contributed by atoms with E-state index in [9.17, 15) is 4.79 Å². The van der Waals surface area contributed by atoms with Crippen LogP contribution in [0.15, 0.2) is 53.3 Å². The van der Waals surface area contributed by atoms with Crippen LogP contribution in [0.3, 0.4) is 0 Å². The molecule has 0 aliphatic rings. The highest BCUT2D eigenvalue weighted by atomic mass is 79.9. The number of amides is 1. The Hall–Kier alpha value is -2.34. The molecule has 0 unspecified atom stereocenters. The van der Waals surface area contributed by atoms with Crippen LogP contribution in [0.1, 0.15) is 16.1 Å². The average Bonchev–Trinajstić information content (AvgIpc) is 2.87. The van der Waals surface area contributed by atoms with Crippen molar-refractivity contribution in [1.82, 2.24) is 9.38 Å². The fourth-order valence-corrected chi connectivity index (χ4v) is 2.49. The van der Waals surface area contributed by atoms with Crippen LogP contribution in [0, 0.1) is 0 Å². The van der Waals surface area contributed by atoms with Crippen LogP contribution in [0.5, 0.6) is 0 Å². The van der Waals surface area contributed by atoms with E-state index in [-0.39, 0.29) is 0 Å². The van der Waals surface area contributed by atoms with E-state index in [0.29, 0.717) is 17.8 Å². The molecule has 3 rings (SSSR count). The van der Waals surface area contributed by atoms with Crippen LogP contribution in [0.2, 0.25) is 0 Å². The summed E-state index contributed by atoms with van der Waals surface area (Å²) < 4.78 is 2.94. The molecular formula is C15H13BrN4O. The van der Waals surface area contributed by atoms with Crippen molar-refractivity contribution < 1.29 is 4.79 Å². The van der Waals surface area contributed by atoms with Gasteiger partial charge in [0, 0.05) is 22.6 Å². The molecule has 6 heteroatoms. The third-order valence-electron chi connectivity index (χ3n) is 3.12. The number of nitrogens with two attached hydrogens (primary N) is 1. The van der Waals surface area contributed by atoms with Gasteiger partial charge in [0.15, 0.2) is 0 Å². The number of imidazole rings is 1. The Morgan fingerprint density at radius 1 is 1.24 bits per heavy atom. The first-order valence-corrected chi connectivity index (χ1v) is 7.18. The molecule has 0 bridgehead atoms. The number of hydrogen-bond donors (Lipinski definition) is 2. The number of primary amides is 1. The Kier molecular flexibility index (Phi) is 3.62. The lowest BCUT2D eigenvalue weighted by Crippen LogP contribution is -2.14. The summed E-state index contributed by atoms with van der Waals surface area (Å²) in [7, 11) is 0. The molecule has 0 atom stereocenters. The van der Waals surface area contributed by atoms with E-state index in [1.807, 2.05) is 41.1 Å². The van der Waals surface area contributed by atoms with Crippen molar-refractivity contribution in [3.8, 4) is 0 Å². The lowest BCUT2D eigenvalue weighted by atomic mass is 10.1. The highest BCUT2D eigenvalue weighted by Gasteiger charge is 2.07. The minimum Gasteiger partial charge on any atom is -0.379 e. The number of carbonyl (C=O) groups excluding carboxylic acids is 1. The van der Waals surface area contributed by atoms with Crippen LogP contribution < -0.4 is 11.1 Å². The lowest BCUT2D eigenvalue weighted by Gasteiger charge is -2.08. The molecule has 1 amide bonds. The summed E-state index contributed by atoms with van der Waals surface area (Å²) in [5, 5.41) is 3.20. The minimum atomic E-state index is -0.447. The molecular weight excluding hydrogens is 332 g/mol. The van der Waals surface area contributed by atoms with Gasteiger partial charge in [-0.1, -0.05) is 12.1 Å². The van der Waals surface area contributed by atoms with Gasteiger partial charge in [-0.3, -0.25) is 4.79 Å². The van der Waals surface area contributed by atoms with E-state index in [1.165, 1.54) is 0 Å². The summed E-state index contributed by atoms with van der Waals surface area (Å²) in [6, 6.07) is 11.0. The van der Waals surface area contributed by atoms with Gasteiger partial charge in [0.05, 0.1) is 17.8 Å². The van der Waals surface area contributed by atoms with E-state index in [4.69, 9.17) is 5.73 Å². The van der Waals surface area contributed by atoms with Crippen molar-refractivity contribution in [3.63, 3.8) is 0 Å². The van der Waals surface area contributed by atoms with Crippen molar-refractivity contribution in [2.75, 3.05) is 5.32 Å². The monoisotopic (exact) mass is 344 g/mol. The zero-order valence-corrected chi connectivity index (χ0v) is 12.7. The largest absolute Gasteiger partial charge is 0.379 e. The van der Waals surface area contributed by atoms with Crippen LogP contribution in [-0.2, 0) is 6.54 Å². The number of rotatable bonds is 4. The van der Waals surface area contributed by atoms with Gasteiger partial charge in [-0.2, -0.15) is 0 Å². The topological polar surface area (TPSA) is 72.4 Å². The third kappa shape index (κ3) is 2.90. The van der Waals surface area contributed by atoms with Gasteiger partial charge < -0.3 is 15.5 Å². The molecule has 0 aliphatic carbocycles. The van der Waals surface area contributed by atoms with E-state index in [2.05, 4.69) is 26.2 Å². The summed E-state index contributed by atoms with van der Waals surface area (Å²) >= 11 is 3.43. The van der Waals surface area contributed by atoms with Crippen molar-refractivity contribution in [3.05, 3.63) is 64.5 Å². The number of nitrogens with zero attached hydrogens (tertiary/aromatic N) is 2. The molecule has 1 aromatic carbocycles. The van der Waals surface area contributed by atoms with E-state index in [1.54, 1.807) is 12.1 Å². The number of para-hydroxylation sites is 1. The molecule has 0 aliphatic heterocycles. The second-order valence-corrected chi connectivity index (χ2v) is 5.52. The SMILES string of the molecule is NC(=O)c1ccccc1NCc1cn2cc(Br)ccc2n1. The molecule has 0 spiro atoms. The maximum absolute atomic E-state index is 11.4. The number of hydrogen-bond acceptors (Lipinski definition) is 3. The number of benzene rings is 1. The van der Waals surface area contributed by atoms with Crippen molar-refractivity contribution in [2.45, 2.75) is 6.54 Å².